The van der Waals surface area contributed by atoms with E-state index in [4.69, 9.17) is 35.5 Å². The third kappa shape index (κ3) is 15.9. The maximum Gasteiger partial charge on any atom is 0.412 e. The van der Waals surface area contributed by atoms with Gasteiger partial charge in [0.15, 0.2) is 5.82 Å². The van der Waals surface area contributed by atoms with Crippen molar-refractivity contribution >= 4 is 84.7 Å². The van der Waals surface area contributed by atoms with Gasteiger partial charge in [-0.05, 0) is 121 Å². The summed E-state index contributed by atoms with van der Waals surface area (Å²) >= 11 is 7.90. The number of benzene rings is 4. The summed E-state index contributed by atoms with van der Waals surface area (Å²) in [5.41, 5.74) is -2.49. The van der Waals surface area contributed by atoms with E-state index >= 15 is 8.78 Å². The molecule has 7 atom stereocenters. The van der Waals surface area contributed by atoms with Crippen molar-refractivity contribution in [3.63, 3.8) is 0 Å². The number of amides is 5. The molecule has 6 aromatic rings. The minimum Gasteiger partial charge on any atom is -0.462 e. The number of aliphatic hydroxyl groups excluding tert-OH is 1. The first-order valence-electron chi connectivity index (χ1n) is 32.2. The van der Waals surface area contributed by atoms with Crippen LogP contribution < -0.4 is 25.6 Å². The van der Waals surface area contributed by atoms with E-state index in [1.54, 1.807) is 65.5 Å². The van der Waals surface area contributed by atoms with Gasteiger partial charge in [0.2, 0.25) is 17.7 Å². The average Bonchev–Trinajstić information content (AvgIpc) is 1.33. The van der Waals surface area contributed by atoms with Gasteiger partial charge in [-0.3, -0.25) is 29.5 Å². The monoisotopic (exact) mass is 1370 g/mol. The zero-order chi connectivity index (χ0) is 69.5. The predicted molar refractivity (Wildman–Crippen MR) is 353 cm³/mol. The highest BCUT2D eigenvalue weighted by Gasteiger charge is 2.47. The Bertz CT molecular complexity index is 3970. The van der Waals surface area contributed by atoms with Crippen molar-refractivity contribution in [2.24, 2.45) is 5.41 Å². The van der Waals surface area contributed by atoms with Crippen molar-refractivity contribution < 1.29 is 70.0 Å². The summed E-state index contributed by atoms with van der Waals surface area (Å²) in [6.45, 7) is 19.7. The Morgan fingerprint density at radius 2 is 1.51 bits per heavy atom. The second kappa shape index (κ2) is 28.6. The molecular formula is C69H80ClF5N10O10S. The summed E-state index contributed by atoms with van der Waals surface area (Å²) in [5, 5.41) is 29.7. The normalized spacial score (nSPS) is 19.8. The first kappa shape index (κ1) is 70.8. The van der Waals surface area contributed by atoms with Crippen LogP contribution in [-0.4, -0.2) is 160 Å². The Morgan fingerprint density at radius 3 is 2.16 bits per heavy atom. The maximum absolute atomic E-state index is 17.9. The zero-order valence-electron chi connectivity index (χ0n) is 55.3. The molecule has 27 heteroatoms. The molecule has 4 saturated heterocycles. The number of rotatable bonds is 19. The number of carbonyl (C=O) groups is 5. The number of nitrogens with one attached hydrogen (secondary N) is 3. The van der Waals surface area contributed by atoms with Crippen LogP contribution in [0.3, 0.4) is 0 Å². The molecule has 4 aliphatic rings. The van der Waals surface area contributed by atoms with Gasteiger partial charge in [-0.15, -0.1) is 11.3 Å². The number of halogens is 6. The number of β-amino-alcohol motifs (C(OH)–C–C–N with tert-alkyl or cyclic N) is 1. The van der Waals surface area contributed by atoms with E-state index in [1.807, 2.05) is 25.7 Å². The molecule has 2 unspecified atom stereocenters. The number of anilines is 2. The van der Waals surface area contributed by atoms with E-state index in [1.165, 1.54) is 29.2 Å². The summed E-state index contributed by atoms with van der Waals surface area (Å²) in [4.78, 5) is 85.0. The predicted octanol–water partition coefficient (Wildman–Crippen LogP) is 12.3. The molecule has 2 bridgehead atoms. The van der Waals surface area contributed by atoms with Crippen molar-refractivity contribution in [1.29, 1.82) is 5.26 Å². The van der Waals surface area contributed by atoms with E-state index < -0.39 is 105 Å². The summed E-state index contributed by atoms with van der Waals surface area (Å²) in [6, 6.07) is 9.72. The van der Waals surface area contributed by atoms with Crippen LogP contribution in [0.25, 0.3) is 43.2 Å². The highest BCUT2D eigenvalue weighted by molar-refractivity contribution is 7.23. The standard InChI is InChI=1S/C69H80ClF5N10O10S/c1-36(37-14-16-38(17-15-37)53-49(73)27-39(71)28-50(53)74)77-61(88)51-29-43(86)34-84(51)63(89)59(67(2,3)4)78-52(87)22-26-92-25-12-24-82-23-11-13-42(82)35-93-64-79-57-45(60(80-64)83-32-40-18-19-41(33-83)85(40)66(91)95-69(8,9)10)30-47(70)55(56(57)75)44-20-21-48(72)58-54(44)46(31-76)62(96-58)81-65(90)94-68(5,6)7/h14-17,20-21,27-28,30,36,40-43,51,59,86H,11-13,18-19,22-26,29,32-35H2,1-10H3,(H,77,88)(H,78,87)(H,81,90)/t36-,40?,41?,42-,43+,51-,59+/m0/s1. The lowest BCUT2D eigenvalue weighted by atomic mass is 9.85. The van der Waals surface area contributed by atoms with Gasteiger partial charge in [0.1, 0.15) is 75.6 Å². The lowest BCUT2D eigenvalue weighted by molar-refractivity contribution is -0.144. The molecule has 0 saturated carbocycles. The summed E-state index contributed by atoms with van der Waals surface area (Å²) in [5.74, 6) is -6.03. The van der Waals surface area contributed by atoms with Crippen LogP contribution in [0.1, 0.15) is 131 Å². The van der Waals surface area contributed by atoms with Gasteiger partial charge >= 0.3 is 18.2 Å². The Balaban J connectivity index is 0.782. The largest absolute Gasteiger partial charge is 0.462 e. The van der Waals surface area contributed by atoms with Crippen molar-refractivity contribution in [3.8, 4) is 34.3 Å². The first-order chi connectivity index (χ1) is 45.3. The zero-order valence-corrected chi connectivity index (χ0v) is 56.8. The quantitative estimate of drug-likeness (QED) is 0.0435. The molecule has 4 aromatic carbocycles. The number of piperazine rings is 1. The van der Waals surface area contributed by atoms with E-state index in [2.05, 4.69) is 31.9 Å². The number of nitriles is 1. The fraction of sp³-hybridized carbons (Fsp3) is 0.507. The van der Waals surface area contributed by atoms with Crippen LogP contribution in [-0.2, 0) is 28.6 Å². The lowest BCUT2D eigenvalue weighted by Gasteiger charge is -2.42. The van der Waals surface area contributed by atoms with E-state index in [9.17, 15) is 47.5 Å². The molecule has 0 aliphatic carbocycles. The smallest absolute Gasteiger partial charge is 0.412 e. The first-order valence-corrected chi connectivity index (χ1v) is 33.4. The molecule has 0 spiro atoms. The molecule has 96 heavy (non-hydrogen) atoms. The Labute approximate surface area is 562 Å². The molecule has 4 aliphatic heterocycles. The summed E-state index contributed by atoms with van der Waals surface area (Å²) in [6.07, 6.45) is 1.13. The van der Waals surface area contributed by atoms with Crippen LogP contribution in [0.4, 0.5) is 42.4 Å². The number of hydrogen-bond donors (Lipinski definition) is 4. The molecule has 0 radical (unpaired) electrons. The van der Waals surface area contributed by atoms with Crippen molar-refractivity contribution in [2.75, 3.05) is 62.8 Å². The van der Waals surface area contributed by atoms with Gasteiger partial charge < -0.3 is 44.5 Å². The van der Waals surface area contributed by atoms with Gasteiger partial charge in [0, 0.05) is 80.1 Å². The van der Waals surface area contributed by atoms with Crippen LogP contribution in [0, 0.1) is 45.8 Å². The molecule has 514 valence electrons. The lowest BCUT2D eigenvalue weighted by Crippen LogP contribution is -2.58. The van der Waals surface area contributed by atoms with Gasteiger partial charge in [-0.25, -0.2) is 31.5 Å². The number of thiophene rings is 1. The van der Waals surface area contributed by atoms with Crippen LogP contribution in [0.5, 0.6) is 6.01 Å². The van der Waals surface area contributed by atoms with E-state index in [0.29, 0.717) is 69.0 Å². The van der Waals surface area contributed by atoms with E-state index in [-0.39, 0.29) is 110 Å². The molecule has 20 nitrogen and oxygen atoms in total. The minimum absolute atomic E-state index is 0.00644. The Hall–Kier alpha value is -7.96. The number of aromatic nitrogens is 2. The SMILES string of the molecule is C[C@H](NC(=O)[C@@H]1C[C@@H](O)CN1C(=O)[C@@H](NC(=O)CCOCCCN1CCC[C@H]1COc1nc(N2CC3CCC(C2)N3C(=O)OC(C)(C)C)c2cc(Cl)c(-c3ccc(F)c4sc(NC(=O)OC(C)(C)C)c(C#N)c34)c(F)c2n1)C(C)(C)C)c1ccc(-c2c(F)cc(F)cc2F)cc1. The molecule has 6 heterocycles. The van der Waals surface area contributed by atoms with Crippen molar-refractivity contribution in [1.82, 2.24) is 35.3 Å². The number of nitrogens with zero attached hydrogens (tertiary/aromatic N) is 7. The third-order valence-corrected chi connectivity index (χ3v) is 18.9. The second-order valence-electron chi connectivity index (χ2n) is 28.0. The summed E-state index contributed by atoms with van der Waals surface area (Å²) in [7, 11) is 0. The van der Waals surface area contributed by atoms with Crippen molar-refractivity contribution in [3.05, 3.63) is 99.8 Å². The number of fused-ring (bicyclic) bond motifs is 4. The van der Waals surface area contributed by atoms with Crippen LogP contribution in [0.2, 0.25) is 5.02 Å². The Kier molecular flexibility index (Phi) is 21.1. The van der Waals surface area contributed by atoms with Crippen LogP contribution >= 0.6 is 22.9 Å². The van der Waals surface area contributed by atoms with E-state index in [0.717, 1.165) is 36.8 Å². The van der Waals surface area contributed by atoms with Gasteiger partial charge in [0.25, 0.3) is 0 Å². The maximum atomic E-state index is 17.9. The Morgan fingerprint density at radius 1 is 0.833 bits per heavy atom. The minimum atomic E-state index is -1.08. The summed E-state index contributed by atoms with van der Waals surface area (Å²) < 4.78 is 99.8. The average molecular weight is 1370 g/mol. The number of aliphatic hydroxyl groups is 1. The molecule has 5 amide bonds. The van der Waals surface area contributed by atoms with Crippen LogP contribution in [0.15, 0.2) is 54.6 Å². The fourth-order valence-corrected chi connectivity index (χ4v) is 14.4. The van der Waals surface area contributed by atoms with Gasteiger partial charge in [-0.2, -0.15) is 15.2 Å². The molecule has 2 aromatic heterocycles. The van der Waals surface area contributed by atoms with Gasteiger partial charge in [-0.1, -0.05) is 62.7 Å². The highest BCUT2D eigenvalue weighted by Crippen LogP contribution is 2.47. The molecule has 10 rings (SSSR count). The fourth-order valence-electron chi connectivity index (χ4n) is 13.1. The number of ether oxygens (including phenoxy) is 4. The van der Waals surface area contributed by atoms with Gasteiger partial charge in [0.05, 0.1) is 51.7 Å². The third-order valence-electron chi connectivity index (χ3n) is 17.5. The topological polar surface area (TPSA) is 241 Å². The molecule has 4 N–H and O–H groups in total. The number of likely N-dealkylation sites (tertiary alicyclic amines) is 2. The number of carbonyl (C=O) groups excluding carboxylic acids is 5. The highest BCUT2D eigenvalue weighted by atomic mass is 35.5. The van der Waals surface area contributed by atoms with Crippen molar-refractivity contribution in [2.45, 2.75) is 168 Å². The second-order valence-corrected chi connectivity index (χ2v) is 29.4. The number of hydrogen-bond acceptors (Lipinski definition) is 16. The molecule has 4 fully saturated rings. The molecular weight excluding hydrogens is 1290 g/mol.